The number of rotatable bonds is 4. The number of carbonyl (C=O) groups is 1. The first kappa shape index (κ1) is 19.1. The average Bonchev–Trinajstić information content (AvgIpc) is 3.12. The molecule has 1 saturated heterocycles. The molecule has 0 aromatic heterocycles. The van der Waals surface area contributed by atoms with E-state index in [9.17, 15) is 4.79 Å². The zero-order valence-electron chi connectivity index (χ0n) is 16.9. The molecule has 148 valence electrons. The summed E-state index contributed by atoms with van der Waals surface area (Å²) in [5, 5.41) is 0. The van der Waals surface area contributed by atoms with Gasteiger partial charge in [0, 0.05) is 38.2 Å². The van der Waals surface area contributed by atoms with Crippen LogP contribution < -0.4 is 0 Å². The Bertz CT molecular complexity index is 862. The smallest absolute Gasteiger partial charge is 0.219 e. The third kappa shape index (κ3) is 3.83. The lowest BCUT2D eigenvalue weighted by Crippen LogP contribution is -2.34. The van der Waals surface area contributed by atoms with E-state index in [2.05, 4.69) is 24.0 Å². The molecule has 2 aromatic rings. The van der Waals surface area contributed by atoms with Gasteiger partial charge in [-0.05, 0) is 61.4 Å². The van der Waals surface area contributed by atoms with E-state index in [1.807, 2.05) is 24.3 Å². The third-order valence-corrected chi connectivity index (χ3v) is 6.42. The molecule has 0 spiro atoms. The van der Waals surface area contributed by atoms with Crippen molar-refractivity contribution in [2.75, 3.05) is 19.6 Å². The summed E-state index contributed by atoms with van der Waals surface area (Å²) in [5.74, 6) is -0.0756. The Balaban J connectivity index is 1.48. The number of fused-ring (bicyclic) bond motifs is 1. The highest BCUT2D eigenvalue weighted by Gasteiger charge is 2.23. The molecule has 1 amide bonds. The summed E-state index contributed by atoms with van der Waals surface area (Å²) in [4.78, 5) is 15.9. The first-order valence-corrected chi connectivity index (χ1v) is 10.4. The predicted molar refractivity (Wildman–Crippen MR) is 111 cm³/mol. The Kier molecular flexibility index (Phi) is 5.49. The summed E-state index contributed by atoms with van der Waals surface area (Å²) >= 11 is 0. The van der Waals surface area contributed by atoms with E-state index < -0.39 is 0 Å². The number of nitrogens with zero attached hydrogens (tertiary/aromatic N) is 2. The van der Waals surface area contributed by atoms with Crippen molar-refractivity contribution >= 4 is 5.91 Å². The maximum atomic E-state index is 15.2. The fourth-order valence-corrected chi connectivity index (χ4v) is 4.55. The lowest BCUT2D eigenvalue weighted by Gasteiger charge is -2.28. The molecule has 0 bridgehead atoms. The van der Waals surface area contributed by atoms with E-state index in [-0.39, 0.29) is 11.7 Å². The van der Waals surface area contributed by atoms with Crippen molar-refractivity contribution in [3.8, 4) is 11.1 Å². The quantitative estimate of drug-likeness (QED) is 0.784. The third-order valence-electron chi connectivity index (χ3n) is 6.42. The molecule has 0 radical (unpaired) electrons. The molecule has 4 heteroatoms. The van der Waals surface area contributed by atoms with Gasteiger partial charge < -0.3 is 9.80 Å². The number of hydrogen-bond donors (Lipinski definition) is 0. The average molecular weight is 381 g/mol. The largest absolute Gasteiger partial charge is 0.338 e. The van der Waals surface area contributed by atoms with E-state index in [1.165, 1.54) is 24.9 Å². The molecule has 28 heavy (non-hydrogen) atoms. The van der Waals surface area contributed by atoms with Gasteiger partial charge in [-0.15, -0.1) is 0 Å². The molecular weight excluding hydrogens is 351 g/mol. The molecule has 1 atom stereocenters. The first-order valence-electron chi connectivity index (χ1n) is 10.4. The Morgan fingerprint density at radius 3 is 2.61 bits per heavy atom. The van der Waals surface area contributed by atoms with Gasteiger partial charge in [0.05, 0.1) is 0 Å². The van der Waals surface area contributed by atoms with Crippen LogP contribution in [0.4, 0.5) is 4.39 Å². The van der Waals surface area contributed by atoms with E-state index in [0.29, 0.717) is 31.1 Å². The molecule has 0 N–H and O–H groups in total. The van der Waals surface area contributed by atoms with E-state index >= 15 is 4.39 Å². The first-order chi connectivity index (χ1) is 13.5. The molecule has 0 aliphatic carbocycles. The fraction of sp³-hybridized carbons (Fsp3) is 0.458. The second-order valence-corrected chi connectivity index (χ2v) is 8.23. The van der Waals surface area contributed by atoms with Crippen molar-refractivity contribution in [1.82, 2.24) is 9.80 Å². The van der Waals surface area contributed by atoms with E-state index in [0.717, 1.165) is 29.7 Å². The van der Waals surface area contributed by atoms with Gasteiger partial charge in [-0.1, -0.05) is 36.4 Å². The Morgan fingerprint density at radius 1 is 1.14 bits per heavy atom. The van der Waals surface area contributed by atoms with Crippen LogP contribution in [0.15, 0.2) is 36.4 Å². The summed E-state index contributed by atoms with van der Waals surface area (Å²) in [6.45, 7) is 7.29. The van der Waals surface area contributed by atoms with Crippen LogP contribution in [0.5, 0.6) is 0 Å². The van der Waals surface area contributed by atoms with E-state index in [1.54, 1.807) is 11.8 Å². The number of benzene rings is 2. The van der Waals surface area contributed by atoms with Gasteiger partial charge in [-0.3, -0.25) is 4.79 Å². The van der Waals surface area contributed by atoms with Crippen molar-refractivity contribution in [2.45, 2.75) is 52.1 Å². The molecule has 1 unspecified atom stereocenters. The summed E-state index contributed by atoms with van der Waals surface area (Å²) in [7, 11) is 0. The zero-order chi connectivity index (χ0) is 19.7. The molecule has 0 saturated carbocycles. The molecule has 2 aliphatic rings. The number of amides is 1. The van der Waals surface area contributed by atoms with Crippen LogP contribution in [0, 0.1) is 5.82 Å². The Morgan fingerprint density at radius 2 is 1.93 bits per heavy atom. The van der Waals surface area contributed by atoms with Crippen LogP contribution in [0.1, 0.15) is 43.4 Å². The molecule has 2 aromatic carbocycles. The number of halogens is 1. The summed E-state index contributed by atoms with van der Waals surface area (Å²) in [6, 6.07) is 12.9. The van der Waals surface area contributed by atoms with Gasteiger partial charge in [-0.25, -0.2) is 4.39 Å². The second kappa shape index (κ2) is 8.04. The minimum atomic E-state index is -0.126. The van der Waals surface area contributed by atoms with Crippen molar-refractivity contribution < 1.29 is 9.18 Å². The number of hydrogen-bond acceptors (Lipinski definition) is 2. The summed E-state index contributed by atoms with van der Waals surface area (Å²) in [6.07, 6.45) is 4.24. The van der Waals surface area contributed by atoms with Crippen LogP contribution in [0.3, 0.4) is 0 Å². The number of likely N-dealkylation sites (tertiary alicyclic amines) is 1. The minimum Gasteiger partial charge on any atom is -0.338 e. The summed E-state index contributed by atoms with van der Waals surface area (Å²) in [5.41, 5.74) is 4.58. The second-order valence-electron chi connectivity index (χ2n) is 8.23. The molecular formula is C24H29FN2O. The lowest BCUT2D eigenvalue weighted by molar-refractivity contribution is -0.129. The number of carbonyl (C=O) groups excluding carboxylic acids is 1. The van der Waals surface area contributed by atoms with Crippen LogP contribution in [0.2, 0.25) is 0 Å². The highest BCUT2D eigenvalue weighted by atomic mass is 19.1. The van der Waals surface area contributed by atoms with Crippen LogP contribution in [-0.2, 0) is 24.2 Å². The van der Waals surface area contributed by atoms with Crippen molar-refractivity contribution in [1.29, 1.82) is 0 Å². The maximum Gasteiger partial charge on any atom is 0.219 e. The maximum absolute atomic E-state index is 15.2. The zero-order valence-corrected chi connectivity index (χ0v) is 16.9. The van der Waals surface area contributed by atoms with E-state index in [4.69, 9.17) is 0 Å². The fourth-order valence-electron chi connectivity index (χ4n) is 4.55. The molecule has 1 fully saturated rings. The van der Waals surface area contributed by atoms with Gasteiger partial charge >= 0.3 is 0 Å². The Hall–Kier alpha value is -2.20. The van der Waals surface area contributed by atoms with Gasteiger partial charge in [0.25, 0.3) is 0 Å². The summed E-state index contributed by atoms with van der Waals surface area (Å²) < 4.78 is 15.2. The van der Waals surface area contributed by atoms with Gasteiger partial charge in [0.15, 0.2) is 0 Å². The van der Waals surface area contributed by atoms with Gasteiger partial charge in [-0.2, -0.15) is 0 Å². The topological polar surface area (TPSA) is 23.6 Å². The molecule has 4 rings (SSSR count). The lowest BCUT2D eigenvalue weighted by atomic mass is 9.93. The van der Waals surface area contributed by atoms with Gasteiger partial charge in [0.1, 0.15) is 5.82 Å². The van der Waals surface area contributed by atoms with Crippen molar-refractivity contribution in [3.63, 3.8) is 0 Å². The Labute approximate surface area is 167 Å². The van der Waals surface area contributed by atoms with Crippen LogP contribution in [-0.4, -0.2) is 41.4 Å². The standard InChI is InChI=1S/C24H29FN2O/c1-17-4-3-13-26(17)14-11-19-5-7-20(8-6-19)22-10-9-21-16-27(18(2)28)15-12-23(21)24(22)25/h5-10,17H,3-4,11-16H2,1-2H3. The predicted octanol–water partition coefficient (Wildman–Crippen LogP) is 4.42. The monoisotopic (exact) mass is 380 g/mol. The van der Waals surface area contributed by atoms with Gasteiger partial charge in [0.2, 0.25) is 5.91 Å². The molecule has 2 aliphatic heterocycles. The molecule has 3 nitrogen and oxygen atoms in total. The van der Waals surface area contributed by atoms with Crippen molar-refractivity contribution in [2.24, 2.45) is 0 Å². The van der Waals surface area contributed by atoms with Crippen molar-refractivity contribution in [3.05, 3.63) is 58.9 Å². The molecule has 2 heterocycles. The SMILES string of the molecule is CC(=O)N1CCc2c(ccc(-c3ccc(CCN4CCCC4C)cc3)c2F)C1. The normalized spacial score (nSPS) is 19.7. The highest BCUT2D eigenvalue weighted by Crippen LogP contribution is 2.30. The van der Waals surface area contributed by atoms with Crippen LogP contribution in [0.25, 0.3) is 11.1 Å². The minimum absolute atomic E-state index is 0.0500. The highest BCUT2D eigenvalue weighted by molar-refractivity contribution is 5.74. The van der Waals surface area contributed by atoms with Crippen LogP contribution >= 0.6 is 0 Å².